The van der Waals surface area contributed by atoms with Crippen LogP contribution < -0.4 is 0 Å². The maximum atomic E-state index is 13.3. The molecule has 1 aliphatic heterocycles. The summed E-state index contributed by atoms with van der Waals surface area (Å²) in [6, 6.07) is 20.3. The molecule has 1 aliphatic rings. The van der Waals surface area contributed by atoms with Crippen molar-refractivity contribution in [3.8, 4) is 0 Å². The highest BCUT2D eigenvalue weighted by Crippen LogP contribution is 2.28. The number of hydrogen-bond acceptors (Lipinski definition) is 5. The highest BCUT2D eigenvalue weighted by atomic mass is 32.2. The quantitative estimate of drug-likeness (QED) is 0.544. The van der Waals surface area contributed by atoms with Gasteiger partial charge in [-0.25, -0.2) is 0 Å². The molecule has 0 aliphatic carbocycles. The monoisotopic (exact) mass is 421 g/mol. The molecule has 0 bridgehead atoms. The Labute approximate surface area is 182 Å². The van der Waals surface area contributed by atoms with E-state index in [2.05, 4.69) is 34.3 Å². The minimum absolute atomic E-state index is 0.119. The fourth-order valence-electron chi connectivity index (χ4n) is 3.75. The molecule has 156 valence electrons. The van der Waals surface area contributed by atoms with Crippen LogP contribution in [0.25, 0.3) is 0 Å². The average Bonchev–Trinajstić information content (AvgIpc) is 3.05. The van der Waals surface area contributed by atoms with E-state index < -0.39 is 0 Å². The SMILES string of the molecule is Cc1cc(CSc2ccccc2C(=O)N2CCCN(Cc3ccccc3)CC2)on1. The number of aromatic nitrogens is 1. The molecular formula is C24H27N3O2S. The van der Waals surface area contributed by atoms with E-state index in [4.69, 9.17) is 4.52 Å². The number of benzene rings is 2. The van der Waals surface area contributed by atoms with Gasteiger partial charge in [-0.05, 0) is 31.0 Å². The van der Waals surface area contributed by atoms with Gasteiger partial charge in [-0.15, -0.1) is 11.8 Å². The van der Waals surface area contributed by atoms with E-state index in [1.165, 1.54) is 5.56 Å². The van der Waals surface area contributed by atoms with Gasteiger partial charge in [-0.3, -0.25) is 9.69 Å². The Kier molecular flexibility index (Phi) is 6.87. The van der Waals surface area contributed by atoms with Gasteiger partial charge in [0.15, 0.2) is 0 Å². The number of thioether (sulfide) groups is 1. The molecule has 3 aromatic rings. The third kappa shape index (κ3) is 5.32. The Bertz CT molecular complexity index is 973. The Balaban J connectivity index is 1.39. The number of hydrogen-bond donors (Lipinski definition) is 0. The van der Waals surface area contributed by atoms with Crippen LogP contribution in [0.1, 0.15) is 33.8 Å². The van der Waals surface area contributed by atoms with E-state index in [-0.39, 0.29) is 5.91 Å². The molecule has 30 heavy (non-hydrogen) atoms. The molecule has 1 saturated heterocycles. The van der Waals surface area contributed by atoms with Gasteiger partial charge in [0.1, 0.15) is 5.76 Å². The Morgan fingerprint density at radius 3 is 2.63 bits per heavy atom. The molecule has 2 aromatic carbocycles. The lowest BCUT2D eigenvalue weighted by Crippen LogP contribution is -2.35. The van der Waals surface area contributed by atoms with Gasteiger partial charge in [0.2, 0.25) is 0 Å². The Morgan fingerprint density at radius 2 is 1.83 bits per heavy atom. The molecule has 1 amide bonds. The van der Waals surface area contributed by atoms with Crippen LogP contribution in [0.3, 0.4) is 0 Å². The summed E-state index contributed by atoms with van der Waals surface area (Å²) in [5, 5.41) is 3.94. The Morgan fingerprint density at radius 1 is 1.03 bits per heavy atom. The minimum Gasteiger partial charge on any atom is -0.360 e. The lowest BCUT2D eigenvalue weighted by molar-refractivity contribution is 0.0757. The molecule has 0 saturated carbocycles. The zero-order valence-electron chi connectivity index (χ0n) is 17.3. The predicted octanol–water partition coefficient (Wildman–Crippen LogP) is 4.62. The van der Waals surface area contributed by atoms with Crippen LogP contribution >= 0.6 is 11.8 Å². The number of rotatable bonds is 6. The predicted molar refractivity (Wildman–Crippen MR) is 119 cm³/mol. The average molecular weight is 422 g/mol. The van der Waals surface area contributed by atoms with E-state index in [1.54, 1.807) is 11.8 Å². The molecule has 1 fully saturated rings. The second-order valence-corrected chi connectivity index (χ2v) is 8.64. The van der Waals surface area contributed by atoms with Crippen molar-refractivity contribution < 1.29 is 9.32 Å². The standard InChI is InChI=1S/C24H27N3O2S/c1-19-16-21(29-25-19)18-30-23-11-6-5-10-22(23)24(28)27-13-7-12-26(14-15-27)17-20-8-3-2-4-9-20/h2-6,8-11,16H,7,12-15,17-18H2,1H3. The topological polar surface area (TPSA) is 49.6 Å². The first-order valence-corrected chi connectivity index (χ1v) is 11.4. The van der Waals surface area contributed by atoms with Gasteiger partial charge in [0.25, 0.3) is 5.91 Å². The van der Waals surface area contributed by atoms with Crippen LogP contribution in [-0.2, 0) is 12.3 Å². The summed E-state index contributed by atoms with van der Waals surface area (Å²) in [5.74, 6) is 1.61. The van der Waals surface area contributed by atoms with Crippen LogP contribution in [0, 0.1) is 6.92 Å². The summed E-state index contributed by atoms with van der Waals surface area (Å²) in [6.07, 6.45) is 0.991. The van der Waals surface area contributed by atoms with Gasteiger partial charge < -0.3 is 9.42 Å². The number of carbonyl (C=O) groups is 1. The van der Waals surface area contributed by atoms with Crippen molar-refractivity contribution in [2.75, 3.05) is 26.2 Å². The first kappa shape index (κ1) is 20.7. The molecule has 0 unspecified atom stereocenters. The molecule has 1 aromatic heterocycles. The van der Waals surface area contributed by atoms with Gasteiger partial charge >= 0.3 is 0 Å². The number of amides is 1. The molecule has 2 heterocycles. The van der Waals surface area contributed by atoms with Crippen molar-refractivity contribution >= 4 is 17.7 Å². The largest absolute Gasteiger partial charge is 0.360 e. The first-order chi connectivity index (χ1) is 14.7. The second-order valence-electron chi connectivity index (χ2n) is 7.63. The van der Waals surface area contributed by atoms with Crippen LogP contribution in [0.4, 0.5) is 0 Å². The third-order valence-electron chi connectivity index (χ3n) is 5.29. The van der Waals surface area contributed by atoms with Gasteiger partial charge in [0.05, 0.1) is 17.0 Å². The van der Waals surface area contributed by atoms with Gasteiger partial charge in [-0.1, -0.05) is 47.6 Å². The zero-order chi connectivity index (χ0) is 20.8. The molecule has 0 atom stereocenters. The number of carbonyl (C=O) groups excluding carboxylic acids is 1. The lowest BCUT2D eigenvalue weighted by Gasteiger charge is -2.23. The van der Waals surface area contributed by atoms with Crippen LogP contribution in [0.2, 0.25) is 0 Å². The maximum absolute atomic E-state index is 13.3. The van der Waals surface area contributed by atoms with E-state index in [9.17, 15) is 4.79 Å². The molecule has 6 heteroatoms. The highest BCUT2D eigenvalue weighted by Gasteiger charge is 2.22. The smallest absolute Gasteiger partial charge is 0.255 e. The summed E-state index contributed by atoms with van der Waals surface area (Å²) in [7, 11) is 0. The zero-order valence-corrected chi connectivity index (χ0v) is 18.1. The highest BCUT2D eigenvalue weighted by molar-refractivity contribution is 7.98. The van der Waals surface area contributed by atoms with E-state index in [0.717, 1.165) is 61.1 Å². The van der Waals surface area contributed by atoms with Crippen molar-refractivity contribution in [1.82, 2.24) is 15.0 Å². The first-order valence-electron chi connectivity index (χ1n) is 10.4. The van der Waals surface area contributed by atoms with Crippen molar-refractivity contribution in [1.29, 1.82) is 0 Å². The molecule has 5 nitrogen and oxygen atoms in total. The molecule has 0 spiro atoms. The summed E-state index contributed by atoms with van der Waals surface area (Å²) < 4.78 is 5.31. The summed E-state index contributed by atoms with van der Waals surface area (Å²) in [4.78, 5) is 18.7. The molecule has 4 rings (SSSR count). The van der Waals surface area contributed by atoms with E-state index in [1.807, 2.05) is 48.2 Å². The Hall–Kier alpha value is -2.57. The summed E-state index contributed by atoms with van der Waals surface area (Å²) in [5.41, 5.74) is 2.97. The van der Waals surface area contributed by atoms with Crippen LogP contribution in [0.5, 0.6) is 0 Å². The van der Waals surface area contributed by atoms with Crippen molar-refractivity contribution in [3.63, 3.8) is 0 Å². The van der Waals surface area contributed by atoms with E-state index >= 15 is 0 Å². The van der Waals surface area contributed by atoms with Crippen molar-refractivity contribution in [3.05, 3.63) is 83.2 Å². The van der Waals surface area contributed by atoms with E-state index in [0.29, 0.717) is 5.75 Å². The third-order valence-corrected chi connectivity index (χ3v) is 6.38. The lowest BCUT2D eigenvalue weighted by atomic mass is 10.2. The fourth-order valence-corrected chi connectivity index (χ4v) is 4.67. The summed E-state index contributed by atoms with van der Waals surface area (Å²) in [6.45, 7) is 6.31. The van der Waals surface area contributed by atoms with Gasteiger partial charge in [-0.2, -0.15) is 0 Å². The number of aryl methyl sites for hydroxylation is 1. The summed E-state index contributed by atoms with van der Waals surface area (Å²) >= 11 is 1.62. The maximum Gasteiger partial charge on any atom is 0.255 e. The molecule has 0 radical (unpaired) electrons. The molecular weight excluding hydrogens is 394 g/mol. The van der Waals surface area contributed by atoms with Crippen molar-refractivity contribution in [2.45, 2.75) is 30.5 Å². The molecule has 0 N–H and O–H groups in total. The second kappa shape index (κ2) is 9.96. The fraction of sp³-hybridized carbons (Fsp3) is 0.333. The normalized spacial score (nSPS) is 15.2. The number of nitrogens with zero attached hydrogens (tertiary/aromatic N) is 3. The minimum atomic E-state index is 0.119. The van der Waals surface area contributed by atoms with Crippen LogP contribution in [-0.4, -0.2) is 47.0 Å². The van der Waals surface area contributed by atoms with Crippen molar-refractivity contribution in [2.24, 2.45) is 0 Å². The van der Waals surface area contributed by atoms with Crippen LogP contribution in [0.15, 0.2) is 70.1 Å². The van der Waals surface area contributed by atoms with Gasteiger partial charge in [0, 0.05) is 43.7 Å².